The van der Waals surface area contributed by atoms with Crippen LogP contribution in [0.15, 0.2) is 21.8 Å². The molecule has 1 unspecified atom stereocenters. The van der Waals surface area contributed by atoms with E-state index in [1.54, 1.807) is 6.26 Å². The maximum absolute atomic E-state index is 4.92. The summed E-state index contributed by atoms with van der Waals surface area (Å²) in [6.45, 7) is 14.2. The van der Waals surface area contributed by atoms with Crippen molar-refractivity contribution < 1.29 is 4.52 Å². The van der Waals surface area contributed by atoms with Crippen LogP contribution in [-0.4, -0.2) is 84.7 Å². The van der Waals surface area contributed by atoms with Gasteiger partial charge in [0.25, 0.3) is 0 Å². The third-order valence-electron chi connectivity index (χ3n) is 4.94. The van der Waals surface area contributed by atoms with Gasteiger partial charge in [0.1, 0.15) is 6.26 Å². The van der Waals surface area contributed by atoms with Gasteiger partial charge in [0.05, 0.1) is 12.2 Å². The van der Waals surface area contributed by atoms with Gasteiger partial charge in [-0.2, -0.15) is 0 Å². The fourth-order valence-electron chi connectivity index (χ4n) is 2.94. The summed E-state index contributed by atoms with van der Waals surface area (Å²) in [6.07, 6.45) is 2.81. The second kappa shape index (κ2) is 10.4. The molecule has 1 aromatic rings. The molecule has 7 heteroatoms. The maximum atomic E-state index is 4.92. The van der Waals surface area contributed by atoms with Crippen molar-refractivity contribution in [3.05, 3.63) is 18.0 Å². The van der Waals surface area contributed by atoms with Crippen molar-refractivity contribution in [1.82, 2.24) is 25.2 Å². The Morgan fingerprint density at radius 1 is 1.36 bits per heavy atom. The highest BCUT2D eigenvalue weighted by Crippen LogP contribution is 2.07. The Hall–Kier alpha value is -1.60. The van der Waals surface area contributed by atoms with Crippen LogP contribution in [0, 0.1) is 0 Å². The van der Waals surface area contributed by atoms with Crippen molar-refractivity contribution in [3.8, 4) is 0 Å². The van der Waals surface area contributed by atoms with Gasteiger partial charge in [-0.3, -0.25) is 9.89 Å². The number of aromatic nitrogens is 1. The molecular weight excluding hydrogens is 316 g/mol. The van der Waals surface area contributed by atoms with E-state index < -0.39 is 0 Å². The highest BCUT2D eigenvalue weighted by atomic mass is 16.5. The Balaban J connectivity index is 1.80. The number of piperazine rings is 1. The van der Waals surface area contributed by atoms with Crippen molar-refractivity contribution in [2.24, 2.45) is 4.99 Å². The second-order valence-electron chi connectivity index (χ2n) is 6.73. The van der Waals surface area contributed by atoms with Crippen molar-refractivity contribution in [2.75, 3.05) is 52.9 Å². The van der Waals surface area contributed by atoms with E-state index in [1.807, 2.05) is 6.07 Å². The van der Waals surface area contributed by atoms with Gasteiger partial charge in [0, 0.05) is 57.9 Å². The van der Waals surface area contributed by atoms with E-state index in [0.29, 0.717) is 6.04 Å². The minimum Gasteiger partial charge on any atom is -0.364 e. The van der Waals surface area contributed by atoms with E-state index >= 15 is 0 Å². The van der Waals surface area contributed by atoms with Crippen molar-refractivity contribution in [1.29, 1.82) is 0 Å². The molecule has 1 N–H and O–H groups in total. The Labute approximate surface area is 152 Å². The molecule has 0 aliphatic carbocycles. The van der Waals surface area contributed by atoms with Gasteiger partial charge in [-0.05, 0) is 27.3 Å². The summed E-state index contributed by atoms with van der Waals surface area (Å²) in [7, 11) is 2.18. The molecule has 1 saturated heterocycles. The standard InChI is InChI=1S/C18H34N6O/c1-5-16(3)22(4)9-8-20-18(19-6-2)24-12-10-23(11-13-24)15-17-7-14-25-21-17/h7,14,16H,5-6,8-13,15H2,1-4H3,(H,19,20). The third kappa shape index (κ3) is 6.32. The Bertz CT molecular complexity index is 496. The van der Waals surface area contributed by atoms with E-state index in [4.69, 9.17) is 9.52 Å². The molecule has 1 aliphatic heterocycles. The first-order valence-corrected chi connectivity index (χ1v) is 9.49. The van der Waals surface area contributed by atoms with Gasteiger partial charge >= 0.3 is 0 Å². The highest BCUT2D eigenvalue weighted by molar-refractivity contribution is 5.80. The molecule has 0 aromatic carbocycles. The van der Waals surface area contributed by atoms with E-state index in [9.17, 15) is 0 Å². The third-order valence-corrected chi connectivity index (χ3v) is 4.94. The zero-order chi connectivity index (χ0) is 18.1. The molecule has 7 nitrogen and oxygen atoms in total. The van der Waals surface area contributed by atoms with Crippen molar-refractivity contribution in [3.63, 3.8) is 0 Å². The molecule has 1 fully saturated rings. The van der Waals surface area contributed by atoms with Gasteiger partial charge in [-0.15, -0.1) is 0 Å². The summed E-state index contributed by atoms with van der Waals surface area (Å²) in [5.74, 6) is 1.04. The van der Waals surface area contributed by atoms with Crippen LogP contribution in [-0.2, 0) is 6.54 Å². The summed E-state index contributed by atoms with van der Waals surface area (Å²) >= 11 is 0. The lowest BCUT2D eigenvalue weighted by Crippen LogP contribution is -2.52. The number of nitrogens with one attached hydrogen (secondary N) is 1. The number of nitrogens with zero attached hydrogens (tertiary/aromatic N) is 5. The zero-order valence-corrected chi connectivity index (χ0v) is 16.2. The first kappa shape index (κ1) is 19.7. The van der Waals surface area contributed by atoms with Crippen LogP contribution < -0.4 is 5.32 Å². The quantitative estimate of drug-likeness (QED) is 0.566. The van der Waals surface area contributed by atoms with Crippen LogP contribution in [0.4, 0.5) is 0 Å². The zero-order valence-electron chi connectivity index (χ0n) is 16.2. The molecular formula is C18H34N6O. The van der Waals surface area contributed by atoms with Gasteiger partial charge in [0.15, 0.2) is 5.96 Å². The van der Waals surface area contributed by atoms with E-state index in [0.717, 1.165) is 64.0 Å². The van der Waals surface area contributed by atoms with E-state index in [-0.39, 0.29) is 0 Å². The minimum atomic E-state index is 0.609. The number of aliphatic imine (C=N–C) groups is 1. The number of guanidine groups is 1. The number of hydrogen-bond acceptors (Lipinski definition) is 5. The summed E-state index contributed by atoms with van der Waals surface area (Å²) in [6, 6.07) is 2.55. The lowest BCUT2D eigenvalue weighted by Gasteiger charge is -2.36. The minimum absolute atomic E-state index is 0.609. The van der Waals surface area contributed by atoms with Crippen LogP contribution in [0.3, 0.4) is 0 Å². The smallest absolute Gasteiger partial charge is 0.194 e. The fourth-order valence-corrected chi connectivity index (χ4v) is 2.94. The van der Waals surface area contributed by atoms with Crippen LogP contribution in [0.1, 0.15) is 32.9 Å². The molecule has 0 saturated carbocycles. The first-order chi connectivity index (χ1) is 12.1. The molecule has 1 atom stereocenters. The average Bonchev–Trinajstić information content (AvgIpc) is 3.14. The molecule has 2 heterocycles. The molecule has 25 heavy (non-hydrogen) atoms. The normalized spacial score (nSPS) is 18.0. The van der Waals surface area contributed by atoms with Crippen molar-refractivity contribution in [2.45, 2.75) is 39.8 Å². The molecule has 0 amide bonds. The summed E-state index contributed by atoms with van der Waals surface area (Å²) in [5.41, 5.74) is 1.00. The molecule has 0 bridgehead atoms. The first-order valence-electron chi connectivity index (χ1n) is 9.49. The molecule has 0 radical (unpaired) electrons. The van der Waals surface area contributed by atoms with Gasteiger partial charge in [-0.1, -0.05) is 12.1 Å². The topological polar surface area (TPSA) is 60.1 Å². The Kier molecular flexibility index (Phi) is 8.21. The molecule has 0 spiro atoms. The largest absolute Gasteiger partial charge is 0.364 e. The van der Waals surface area contributed by atoms with Crippen molar-refractivity contribution >= 4 is 5.96 Å². The summed E-state index contributed by atoms with van der Waals surface area (Å²) in [4.78, 5) is 12.0. The van der Waals surface area contributed by atoms with Crippen LogP contribution >= 0.6 is 0 Å². The second-order valence-corrected chi connectivity index (χ2v) is 6.73. The molecule has 1 aromatic heterocycles. The molecule has 1 aliphatic rings. The number of hydrogen-bond donors (Lipinski definition) is 1. The molecule has 142 valence electrons. The SMILES string of the molecule is CCNC(=NCCN(C)C(C)CC)N1CCN(Cc2ccon2)CC1. The van der Waals surface area contributed by atoms with Gasteiger partial charge in [-0.25, -0.2) is 0 Å². The summed E-state index contributed by atoms with van der Waals surface area (Å²) < 4.78 is 4.92. The van der Waals surface area contributed by atoms with Crippen LogP contribution in [0.25, 0.3) is 0 Å². The lowest BCUT2D eigenvalue weighted by molar-refractivity contribution is 0.169. The number of likely N-dealkylation sites (N-methyl/N-ethyl adjacent to an activating group) is 1. The monoisotopic (exact) mass is 350 g/mol. The maximum Gasteiger partial charge on any atom is 0.194 e. The molecule has 2 rings (SSSR count). The lowest BCUT2D eigenvalue weighted by atomic mass is 10.2. The fraction of sp³-hybridized carbons (Fsp3) is 0.778. The summed E-state index contributed by atoms with van der Waals surface area (Å²) in [5, 5.41) is 7.44. The average molecular weight is 351 g/mol. The Morgan fingerprint density at radius 3 is 2.72 bits per heavy atom. The highest BCUT2D eigenvalue weighted by Gasteiger charge is 2.20. The predicted molar refractivity (Wildman–Crippen MR) is 102 cm³/mol. The van der Waals surface area contributed by atoms with Crippen LogP contribution in [0.2, 0.25) is 0 Å². The number of rotatable bonds is 8. The van der Waals surface area contributed by atoms with Crippen LogP contribution in [0.5, 0.6) is 0 Å². The van der Waals surface area contributed by atoms with E-state index in [1.165, 1.54) is 6.42 Å². The van der Waals surface area contributed by atoms with Gasteiger partial charge < -0.3 is 19.6 Å². The van der Waals surface area contributed by atoms with Gasteiger partial charge in [0.2, 0.25) is 0 Å². The Morgan fingerprint density at radius 2 is 2.12 bits per heavy atom. The predicted octanol–water partition coefficient (Wildman–Crippen LogP) is 1.49. The van der Waals surface area contributed by atoms with E-state index in [2.05, 4.69) is 53.0 Å².